The molecule has 172 valence electrons. The van der Waals surface area contributed by atoms with E-state index in [1.807, 2.05) is 54.6 Å². The molecule has 0 aliphatic carbocycles. The summed E-state index contributed by atoms with van der Waals surface area (Å²) in [5.74, 6) is 1.21. The number of imidazole rings is 1. The minimum atomic E-state index is -0.0783. The van der Waals surface area contributed by atoms with Gasteiger partial charge in [-0.25, -0.2) is 9.38 Å². The van der Waals surface area contributed by atoms with Crippen LogP contribution in [-0.4, -0.2) is 16.5 Å². The molecule has 0 saturated heterocycles. The third-order valence-electron chi connectivity index (χ3n) is 5.89. The Balaban J connectivity index is 1.33. The monoisotopic (exact) mass is 542 g/mol. The summed E-state index contributed by atoms with van der Waals surface area (Å²) < 4.78 is 14.8. The first kappa shape index (κ1) is 21.8. The number of hydrogen-bond donors (Lipinski definition) is 0. The number of ether oxygens (including phenoxy) is 2. The summed E-state index contributed by atoms with van der Waals surface area (Å²) in [4.78, 5) is 18.4. The van der Waals surface area contributed by atoms with E-state index in [9.17, 15) is 4.79 Å². The van der Waals surface area contributed by atoms with Gasteiger partial charge < -0.3 is 9.47 Å². The molecule has 0 fully saturated rings. The fraction of sp³-hybridized carbons (Fsp3) is 0.0714. The van der Waals surface area contributed by atoms with E-state index in [-0.39, 0.29) is 5.56 Å². The number of halogens is 1. The zero-order chi connectivity index (χ0) is 23.9. The number of hydrogen-bond acceptors (Lipinski definition) is 5. The molecule has 0 radical (unpaired) electrons. The van der Waals surface area contributed by atoms with Crippen molar-refractivity contribution >= 4 is 60.1 Å². The van der Waals surface area contributed by atoms with Gasteiger partial charge in [0.05, 0.1) is 27.1 Å². The van der Waals surface area contributed by atoms with Gasteiger partial charge >= 0.3 is 0 Å². The van der Waals surface area contributed by atoms with E-state index >= 15 is 0 Å². The van der Waals surface area contributed by atoms with Crippen molar-refractivity contribution in [2.75, 3.05) is 7.11 Å². The summed E-state index contributed by atoms with van der Waals surface area (Å²) in [6, 6.07) is 26.0. The Hall–Kier alpha value is -3.68. The number of methoxy groups -OCH3 is 1. The minimum absolute atomic E-state index is 0.0783. The predicted octanol–water partition coefficient (Wildman–Crippen LogP) is 5.96. The highest BCUT2D eigenvalue weighted by molar-refractivity contribution is 9.10. The molecule has 35 heavy (non-hydrogen) atoms. The van der Waals surface area contributed by atoms with E-state index in [0.717, 1.165) is 26.6 Å². The molecule has 2 heterocycles. The smallest absolute Gasteiger partial charge is 0.274 e. The Morgan fingerprint density at radius 3 is 2.66 bits per heavy atom. The largest absolute Gasteiger partial charge is 0.493 e. The summed E-state index contributed by atoms with van der Waals surface area (Å²) in [5.41, 5.74) is 3.46. The number of fused-ring (bicyclic) bond motifs is 4. The van der Waals surface area contributed by atoms with E-state index in [4.69, 9.17) is 9.47 Å². The van der Waals surface area contributed by atoms with Gasteiger partial charge in [-0.2, -0.15) is 0 Å². The van der Waals surface area contributed by atoms with Crippen molar-refractivity contribution in [1.82, 2.24) is 9.38 Å². The van der Waals surface area contributed by atoms with Gasteiger partial charge in [-0.15, -0.1) is 0 Å². The number of benzene rings is 4. The summed E-state index contributed by atoms with van der Waals surface area (Å²) >= 11 is 5.00. The van der Waals surface area contributed by atoms with E-state index in [2.05, 4.69) is 51.2 Å². The molecule has 2 aromatic heterocycles. The van der Waals surface area contributed by atoms with Crippen LogP contribution in [0.15, 0.2) is 88.1 Å². The Kier molecular flexibility index (Phi) is 5.51. The van der Waals surface area contributed by atoms with Gasteiger partial charge in [0.2, 0.25) is 0 Å². The lowest BCUT2D eigenvalue weighted by atomic mass is 10.1. The number of thiazole rings is 1. The Morgan fingerprint density at radius 1 is 1.00 bits per heavy atom. The molecular formula is C28H19BrN2O3S. The molecule has 0 aliphatic heterocycles. The maximum Gasteiger partial charge on any atom is 0.274 e. The Morgan fingerprint density at radius 2 is 1.80 bits per heavy atom. The second-order valence-electron chi connectivity index (χ2n) is 8.14. The molecule has 7 heteroatoms. The second kappa shape index (κ2) is 8.83. The van der Waals surface area contributed by atoms with Crippen LogP contribution in [0, 0.1) is 0 Å². The van der Waals surface area contributed by atoms with Crippen molar-refractivity contribution in [3.05, 3.63) is 109 Å². The van der Waals surface area contributed by atoms with Crippen LogP contribution in [0.3, 0.4) is 0 Å². The van der Waals surface area contributed by atoms with Crippen molar-refractivity contribution in [3.63, 3.8) is 0 Å². The first-order chi connectivity index (χ1) is 17.1. The number of para-hydroxylation sites is 2. The highest BCUT2D eigenvalue weighted by Gasteiger charge is 2.14. The molecule has 4 aromatic carbocycles. The molecule has 6 rings (SSSR count). The Bertz CT molecular complexity index is 1840. The van der Waals surface area contributed by atoms with Crippen molar-refractivity contribution in [1.29, 1.82) is 0 Å². The van der Waals surface area contributed by atoms with Gasteiger partial charge in [0.15, 0.2) is 16.5 Å². The van der Waals surface area contributed by atoms with Crippen LogP contribution >= 0.6 is 27.3 Å². The van der Waals surface area contributed by atoms with Crippen LogP contribution in [0.25, 0.3) is 32.8 Å². The van der Waals surface area contributed by atoms with Crippen molar-refractivity contribution < 1.29 is 9.47 Å². The van der Waals surface area contributed by atoms with Gasteiger partial charge in [0.25, 0.3) is 5.56 Å². The summed E-state index contributed by atoms with van der Waals surface area (Å²) in [6.45, 7) is 0.406. The molecule has 0 spiro atoms. The van der Waals surface area contributed by atoms with Crippen molar-refractivity contribution in [3.8, 4) is 11.5 Å². The van der Waals surface area contributed by atoms with Gasteiger partial charge in [-0.3, -0.25) is 4.79 Å². The quantitative estimate of drug-likeness (QED) is 0.269. The van der Waals surface area contributed by atoms with Crippen LogP contribution in [0.1, 0.15) is 11.1 Å². The average Bonchev–Trinajstić information content (AvgIpc) is 3.38. The van der Waals surface area contributed by atoms with Crippen LogP contribution in [-0.2, 0) is 6.61 Å². The highest BCUT2D eigenvalue weighted by Crippen LogP contribution is 2.37. The van der Waals surface area contributed by atoms with E-state index in [0.29, 0.717) is 27.6 Å². The molecule has 5 nitrogen and oxygen atoms in total. The number of aromatic nitrogens is 2. The van der Waals surface area contributed by atoms with Crippen LogP contribution < -0.4 is 19.6 Å². The molecule has 0 atom stereocenters. The Labute approximate surface area is 213 Å². The lowest BCUT2D eigenvalue weighted by Gasteiger charge is -2.14. The molecule has 0 N–H and O–H groups in total. The first-order valence-electron chi connectivity index (χ1n) is 11.0. The van der Waals surface area contributed by atoms with Gasteiger partial charge in [-0.1, -0.05) is 59.9 Å². The zero-order valence-corrected chi connectivity index (χ0v) is 21.1. The third kappa shape index (κ3) is 3.96. The molecule has 0 amide bonds. The van der Waals surface area contributed by atoms with Crippen LogP contribution in [0.2, 0.25) is 0 Å². The predicted molar refractivity (Wildman–Crippen MR) is 145 cm³/mol. The molecular weight excluding hydrogens is 524 g/mol. The van der Waals surface area contributed by atoms with Crippen LogP contribution in [0.4, 0.5) is 0 Å². The SMILES string of the molecule is COc1cc(/C=c2\sc3nc4ccccc4n3c2=O)cc(Br)c1OCc1ccc2ccccc2c1. The summed E-state index contributed by atoms with van der Waals surface area (Å²) in [7, 11) is 1.61. The first-order valence-corrected chi connectivity index (χ1v) is 12.6. The van der Waals surface area contributed by atoms with Gasteiger partial charge in [-0.05, 0) is 74.2 Å². The number of nitrogens with zero attached hydrogens (tertiary/aromatic N) is 2. The van der Waals surface area contributed by atoms with Gasteiger partial charge in [0.1, 0.15) is 6.61 Å². The summed E-state index contributed by atoms with van der Waals surface area (Å²) in [6.07, 6.45) is 1.86. The molecule has 6 aromatic rings. The second-order valence-corrected chi connectivity index (χ2v) is 10.0. The van der Waals surface area contributed by atoms with E-state index < -0.39 is 0 Å². The topological polar surface area (TPSA) is 52.8 Å². The van der Waals surface area contributed by atoms with E-state index in [1.165, 1.54) is 22.1 Å². The third-order valence-corrected chi connectivity index (χ3v) is 7.45. The molecule has 0 aliphatic rings. The van der Waals surface area contributed by atoms with E-state index in [1.54, 1.807) is 11.5 Å². The summed E-state index contributed by atoms with van der Waals surface area (Å²) in [5, 5.41) is 2.37. The maximum atomic E-state index is 13.1. The fourth-order valence-corrected chi connectivity index (χ4v) is 5.77. The minimum Gasteiger partial charge on any atom is -0.493 e. The fourth-order valence-electron chi connectivity index (χ4n) is 4.21. The molecule has 0 unspecified atom stereocenters. The lowest BCUT2D eigenvalue weighted by Crippen LogP contribution is -2.22. The zero-order valence-electron chi connectivity index (χ0n) is 18.7. The van der Waals surface area contributed by atoms with Gasteiger partial charge in [0, 0.05) is 0 Å². The van der Waals surface area contributed by atoms with Crippen molar-refractivity contribution in [2.45, 2.75) is 6.61 Å². The lowest BCUT2D eigenvalue weighted by molar-refractivity contribution is 0.282. The van der Waals surface area contributed by atoms with Crippen molar-refractivity contribution in [2.24, 2.45) is 0 Å². The molecule has 0 bridgehead atoms. The molecule has 0 saturated carbocycles. The highest BCUT2D eigenvalue weighted by atomic mass is 79.9. The van der Waals surface area contributed by atoms with Crippen LogP contribution in [0.5, 0.6) is 11.5 Å². The average molecular weight is 543 g/mol. The normalized spacial score (nSPS) is 12.1. The maximum absolute atomic E-state index is 13.1. The number of rotatable bonds is 5. The standard InChI is InChI=1S/C28H19BrN2O3S/c1-33-24-14-18(15-25-27(32)31-23-9-5-4-8-22(23)30-28(31)35-25)13-21(29)26(24)34-16-17-10-11-19-6-2-3-7-20(19)12-17/h2-15H,16H2,1H3/b25-15-.